The van der Waals surface area contributed by atoms with E-state index in [4.69, 9.17) is 10.9 Å². The highest BCUT2D eigenvalue weighted by atomic mass is 32.2. The molecule has 1 fully saturated rings. The summed E-state index contributed by atoms with van der Waals surface area (Å²) in [5.41, 5.74) is 5.47. The van der Waals surface area contributed by atoms with Crippen molar-refractivity contribution < 1.29 is 10.0 Å². The first-order valence-electron chi connectivity index (χ1n) is 6.24. The van der Waals surface area contributed by atoms with Crippen LogP contribution in [0.5, 0.6) is 0 Å². The van der Waals surface area contributed by atoms with Crippen molar-refractivity contribution in [1.29, 1.82) is 0 Å². The van der Waals surface area contributed by atoms with Gasteiger partial charge in [-0.25, -0.2) is 0 Å². The average Bonchev–Trinajstić information content (AvgIpc) is 2.40. The van der Waals surface area contributed by atoms with Crippen molar-refractivity contribution >= 4 is 23.5 Å². The fourth-order valence-corrected chi connectivity index (χ4v) is 2.86. The maximum Gasteiger partial charge on any atom is 0.230 e. The number of rotatable bonds is 6. The molecule has 18 heavy (non-hydrogen) atoms. The second-order valence-electron chi connectivity index (χ2n) is 4.23. The van der Waals surface area contributed by atoms with Crippen LogP contribution in [0.1, 0.15) is 13.3 Å². The Kier molecular flexibility index (Phi) is 6.89. The lowest BCUT2D eigenvalue weighted by Crippen LogP contribution is -2.43. The van der Waals surface area contributed by atoms with Crippen molar-refractivity contribution in [2.45, 2.75) is 13.3 Å². The van der Waals surface area contributed by atoms with Gasteiger partial charge in [0.2, 0.25) is 5.91 Å². The van der Waals surface area contributed by atoms with Crippen LogP contribution < -0.4 is 11.1 Å². The Morgan fingerprint density at radius 2 is 2.22 bits per heavy atom. The van der Waals surface area contributed by atoms with Gasteiger partial charge in [-0.15, -0.1) is 0 Å². The number of amidine groups is 1. The van der Waals surface area contributed by atoms with Gasteiger partial charge in [-0.1, -0.05) is 12.1 Å². The predicted octanol–water partition coefficient (Wildman–Crippen LogP) is -0.0760. The summed E-state index contributed by atoms with van der Waals surface area (Å²) < 4.78 is 0. The molecule has 1 saturated heterocycles. The van der Waals surface area contributed by atoms with E-state index in [2.05, 4.69) is 15.4 Å². The van der Waals surface area contributed by atoms with Crippen LogP contribution in [0.25, 0.3) is 0 Å². The normalized spacial score (nSPS) is 19.5. The summed E-state index contributed by atoms with van der Waals surface area (Å²) in [6.45, 7) is 5.47. The minimum Gasteiger partial charge on any atom is -0.409 e. The Balaban J connectivity index is 2.26. The first-order valence-corrected chi connectivity index (χ1v) is 7.39. The summed E-state index contributed by atoms with van der Waals surface area (Å²) in [6.07, 6.45) is 0.530. The van der Waals surface area contributed by atoms with Crippen molar-refractivity contribution in [3.8, 4) is 0 Å². The molecule has 0 aliphatic carbocycles. The van der Waals surface area contributed by atoms with E-state index in [-0.39, 0.29) is 11.7 Å². The van der Waals surface area contributed by atoms with Crippen molar-refractivity contribution in [3.63, 3.8) is 0 Å². The third-order valence-corrected chi connectivity index (χ3v) is 3.97. The van der Waals surface area contributed by atoms with Gasteiger partial charge < -0.3 is 16.3 Å². The zero-order valence-electron chi connectivity index (χ0n) is 10.8. The van der Waals surface area contributed by atoms with Crippen LogP contribution in [0, 0.1) is 5.92 Å². The Morgan fingerprint density at radius 1 is 1.56 bits per heavy atom. The van der Waals surface area contributed by atoms with Crippen molar-refractivity contribution in [2.24, 2.45) is 16.8 Å². The molecule has 0 radical (unpaired) electrons. The number of hydrogen-bond donors (Lipinski definition) is 3. The summed E-state index contributed by atoms with van der Waals surface area (Å²) in [7, 11) is 0. The van der Waals surface area contributed by atoms with Gasteiger partial charge >= 0.3 is 0 Å². The van der Waals surface area contributed by atoms with E-state index in [1.54, 1.807) is 0 Å². The molecule has 1 aliphatic heterocycles. The topological polar surface area (TPSA) is 91.0 Å². The maximum atomic E-state index is 11.8. The molecule has 1 aliphatic rings. The molecule has 4 N–H and O–H groups in total. The molecule has 1 rings (SSSR count). The van der Waals surface area contributed by atoms with Crippen molar-refractivity contribution in [1.82, 2.24) is 10.2 Å². The third-order valence-electron chi connectivity index (χ3n) is 3.03. The lowest BCUT2D eigenvalue weighted by Gasteiger charge is -2.26. The molecule has 0 aromatic rings. The molecule has 0 aromatic heterocycles. The summed E-state index contributed by atoms with van der Waals surface area (Å²) in [5, 5.41) is 14.3. The van der Waals surface area contributed by atoms with Gasteiger partial charge in [-0.05, 0) is 6.42 Å². The fourth-order valence-electron chi connectivity index (χ4n) is 1.88. The number of amides is 1. The van der Waals surface area contributed by atoms with E-state index in [0.717, 1.165) is 31.1 Å². The largest absolute Gasteiger partial charge is 0.409 e. The number of carbonyl (C=O) groups excluding carboxylic acids is 1. The minimum absolute atomic E-state index is 0.0237. The first kappa shape index (κ1) is 15.1. The molecule has 0 bridgehead atoms. The summed E-state index contributed by atoms with van der Waals surface area (Å²) >= 11 is 1.96. The van der Waals surface area contributed by atoms with Crippen LogP contribution in [0.15, 0.2) is 5.16 Å². The highest BCUT2D eigenvalue weighted by molar-refractivity contribution is 7.99. The molecular weight excluding hydrogens is 252 g/mol. The van der Waals surface area contributed by atoms with E-state index < -0.39 is 5.92 Å². The number of oxime groups is 1. The molecule has 0 aromatic carbocycles. The van der Waals surface area contributed by atoms with Gasteiger partial charge in [0, 0.05) is 37.7 Å². The zero-order chi connectivity index (χ0) is 13.4. The van der Waals surface area contributed by atoms with Gasteiger partial charge in [0.15, 0.2) is 5.84 Å². The van der Waals surface area contributed by atoms with Gasteiger partial charge in [0.25, 0.3) is 0 Å². The van der Waals surface area contributed by atoms with Crippen LogP contribution in [-0.4, -0.2) is 59.5 Å². The Labute approximate surface area is 112 Å². The van der Waals surface area contributed by atoms with E-state index in [9.17, 15) is 4.79 Å². The Hall–Kier alpha value is -0.950. The van der Waals surface area contributed by atoms with E-state index >= 15 is 0 Å². The lowest BCUT2D eigenvalue weighted by molar-refractivity contribution is -0.123. The molecule has 1 atom stereocenters. The van der Waals surface area contributed by atoms with Crippen molar-refractivity contribution in [3.05, 3.63) is 0 Å². The van der Waals surface area contributed by atoms with Gasteiger partial charge in [0.05, 0.1) is 5.92 Å². The second kappa shape index (κ2) is 8.20. The molecule has 0 spiro atoms. The van der Waals surface area contributed by atoms with E-state index in [0.29, 0.717) is 13.0 Å². The number of nitrogens with one attached hydrogen (secondary N) is 1. The predicted molar refractivity (Wildman–Crippen MR) is 74.0 cm³/mol. The quantitative estimate of drug-likeness (QED) is 0.273. The summed E-state index contributed by atoms with van der Waals surface area (Å²) in [6, 6.07) is 0. The maximum absolute atomic E-state index is 11.8. The van der Waals surface area contributed by atoms with Crippen LogP contribution in [-0.2, 0) is 4.79 Å². The van der Waals surface area contributed by atoms with Crippen molar-refractivity contribution in [2.75, 3.05) is 37.7 Å². The summed E-state index contributed by atoms with van der Waals surface area (Å²) in [4.78, 5) is 14.1. The number of thioether (sulfide) groups is 1. The molecule has 6 nitrogen and oxygen atoms in total. The van der Waals surface area contributed by atoms with E-state index in [1.165, 1.54) is 0 Å². The number of nitrogens with zero attached hydrogens (tertiary/aromatic N) is 2. The molecule has 1 heterocycles. The third kappa shape index (κ3) is 4.73. The second-order valence-corrected chi connectivity index (χ2v) is 5.46. The molecule has 104 valence electrons. The summed E-state index contributed by atoms with van der Waals surface area (Å²) in [5.74, 6) is 1.60. The lowest BCUT2D eigenvalue weighted by atomic mass is 10.1. The fraction of sp³-hybridized carbons (Fsp3) is 0.818. The number of nitrogens with two attached hydrogens (primary N) is 1. The smallest absolute Gasteiger partial charge is 0.230 e. The van der Waals surface area contributed by atoms with Crippen LogP contribution in [0.4, 0.5) is 0 Å². The van der Waals surface area contributed by atoms with Gasteiger partial charge in [0.1, 0.15) is 0 Å². The van der Waals surface area contributed by atoms with Crippen LogP contribution >= 0.6 is 11.8 Å². The Bertz CT molecular complexity index is 293. The van der Waals surface area contributed by atoms with Crippen LogP contribution in [0.2, 0.25) is 0 Å². The molecule has 1 amide bonds. The van der Waals surface area contributed by atoms with E-state index in [1.807, 2.05) is 18.7 Å². The highest BCUT2D eigenvalue weighted by Crippen LogP contribution is 2.08. The number of hydrogen-bond acceptors (Lipinski definition) is 5. The van der Waals surface area contributed by atoms with Crippen LogP contribution in [0.3, 0.4) is 0 Å². The molecule has 7 heteroatoms. The first-order chi connectivity index (χ1) is 8.69. The number of carbonyl (C=O) groups is 1. The SMILES string of the molecule is CCC(C(=O)NCCN1CCSCC1)C(N)=NO. The standard InChI is InChI=1S/C11H22N4O2S/c1-2-9(10(12)14-17)11(16)13-3-4-15-5-7-18-8-6-15/h9,17H,2-8H2,1H3,(H2,12,14)(H,13,16). The van der Waals surface area contributed by atoms with Gasteiger partial charge in [-0.3, -0.25) is 9.69 Å². The average molecular weight is 274 g/mol. The van der Waals surface area contributed by atoms with Gasteiger partial charge in [-0.2, -0.15) is 11.8 Å². The Morgan fingerprint density at radius 3 is 2.78 bits per heavy atom. The molecule has 0 saturated carbocycles. The molecule has 1 unspecified atom stereocenters. The zero-order valence-corrected chi connectivity index (χ0v) is 11.6. The molecular formula is C11H22N4O2S. The highest BCUT2D eigenvalue weighted by Gasteiger charge is 2.20. The minimum atomic E-state index is -0.535. The monoisotopic (exact) mass is 274 g/mol.